The van der Waals surface area contributed by atoms with Gasteiger partial charge in [-0.3, -0.25) is 0 Å². The van der Waals surface area contributed by atoms with Crippen LogP contribution in [0.4, 0.5) is 4.39 Å². The Morgan fingerprint density at radius 1 is 1.46 bits per heavy atom. The Morgan fingerprint density at radius 3 is 2.62 bits per heavy atom. The van der Waals surface area contributed by atoms with E-state index < -0.39 is 5.67 Å². The van der Waals surface area contributed by atoms with Gasteiger partial charge in [0.05, 0.1) is 0 Å². The highest BCUT2D eigenvalue weighted by Crippen LogP contribution is 2.34. The molecular weight excluding hydrogens is 165 g/mol. The molecule has 0 aromatic heterocycles. The van der Waals surface area contributed by atoms with Crippen molar-refractivity contribution in [1.29, 1.82) is 0 Å². The standard InChI is InChI=1S/C11H18FN/c1-2-3-4-7-11(12)8-5-10(13)6-9-11/h10H,4-9,13H2,1H3. The predicted octanol–water partition coefficient (Wildman–Crippen LogP) is 2.40. The Morgan fingerprint density at radius 2 is 2.08 bits per heavy atom. The summed E-state index contributed by atoms with van der Waals surface area (Å²) in [6, 6.07) is 0.223. The molecule has 1 rings (SSSR count). The highest BCUT2D eigenvalue weighted by molar-refractivity contribution is 4.98. The van der Waals surface area contributed by atoms with Gasteiger partial charge in [0.2, 0.25) is 0 Å². The van der Waals surface area contributed by atoms with Crippen molar-refractivity contribution in [3.05, 3.63) is 0 Å². The van der Waals surface area contributed by atoms with Gasteiger partial charge in [-0.2, -0.15) is 0 Å². The molecule has 13 heavy (non-hydrogen) atoms. The van der Waals surface area contributed by atoms with E-state index in [-0.39, 0.29) is 6.04 Å². The number of halogens is 1. The van der Waals surface area contributed by atoms with Crippen molar-refractivity contribution in [3.8, 4) is 11.8 Å². The average Bonchev–Trinajstić information content (AvgIpc) is 2.12. The zero-order valence-electron chi connectivity index (χ0n) is 8.28. The van der Waals surface area contributed by atoms with E-state index in [0.29, 0.717) is 25.7 Å². The first-order chi connectivity index (χ1) is 6.16. The maximum absolute atomic E-state index is 13.9. The van der Waals surface area contributed by atoms with E-state index in [9.17, 15) is 4.39 Å². The summed E-state index contributed by atoms with van der Waals surface area (Å²) in [5.74, 6) is 5.70. The van der Waals surface area contributed by atoms with E-state index >= 15 is 0 Å². The molecule has 1 saturated carbocycles. The summed E-state index contributed by atoms with van der Waals surface area (Å²) < 4.78 is 13.9. The van der Waals surface area contributed by atoms with Crippen molar-refractivity contribution in [2.45, 2.75) is 57.2 Å². The molecule has 0 saturated heterocycles. The Labute approximate surface area is 79.9 Å². The molecule has 1 fully saturated rings. The van der Waals surface area contributed by atoms with E-state index in [2.05, 4.69) is 11.8 Å². The quantitative estimate of drug-likeness (QED) is 0.654. The summed E-state index contributed by atoms with van der Waals surface area (Å²) in [6.07, 6.45) is 4.17. The molecule has 0 aliphatic heterocycles. The number of rotatable bonds is 2. The molecule has 0 unspecified atom stereocenters. The minimum atomic E-state index is -0.972. The van der Waals surface area contributed by atoms with E-state index in [0.717, 1.165) is 12.8 Å². The second-order valence-corrected chi connectivity index (χ2v) is 3.92. The van der Waals surface area contributed by atoms with Crippen molar-refractivity contribution in [2.24, 2.45) is 5.73 Å². The topological polar surface area (TPSA) is 26.0 Å². The maximum atomic E-state index is 13.9. The number of hydrogen-bond donors (Lipinski definition) is 1. The minimum absolute atomic E-state index is 0.223. The molecule has 1 aliphatic carbocycles. The molecule has 0 aromatic carbocycles. The fourth-order valence-electron chi connectivity index (χ4n) is 1.82. The average molecular weight is 183 g/mol. The summed E-state index contributed by atoms with van der Waals surface area (Å²) in [5.41, 5.74) is 4.74. The molecule has 0 aromatic rings. The van der Waals surface area contributed by atoms with Gasteiger partial charge in [0.1, 0.15) is 5.67 Å². The van der Waals surface area contributed by atoms with Gasteiger partial charge in [0, 0.05) is 12.5 Å². The third kappa shape index (κ3) is 3.36. The molecule has 2 N–H and O–H groups in total. The number of nitrogens with two attached hydrogens (primary N) is 1. The van der Waals surface area contributed by atoms with E-state index in [4.69, 9.17) is 5.73 Å². The van der Waals surface area contributed by atoms with Gasteiger partial charge in [0.15, 0.2) is 0 Å². The molecule has 0 bridgehead atoms. The normalized spacial score (nSPS) is 33.6. The summed E-state index contributed by atoms with van der Waals surface area (Å²) in [4.78, 5) is 0. The van der Waals surface area contributed by atoms with Crippen LogP contribution in [-0.4, -0.2) is 11.7 Å². The van der Waals surface area contributed by atoms with E-state index in [1.54, 1.807) is 6.92 Å². The molecular formula is C11H18FN. The lowest BCUT2D eigenvalue weighted by Gasteiger charge is -2.31. The smallest absolute Gasteiger partial charge is 0.112 e. The van der Waals surface area contributed by atoms with Crippen LogP contribution in [0.1, 0.15) is 45.4 Å². The highest BCUT2D eigenvalue weighted by Gasteiger charge is 2.33. The third-order valence-corrected chi connectivity index (χ3v) is 2.80. The van der Waals surface area contributed by atoms with Gasteiger partial charge in [-0.1, -0.05) is 0 Å². The third-order valence-electron chi connectivity index (χ3n) is 2.80. The molecule has 1 aliphatic rings. The van der Waals surface area contributed by atoms with Crippen LogP contribution in [0.3, 0.4) is 0 Å². The van der Waals surface area contributed by atoms with Crippen molar-refractivity contribution < 1.29 is 4.39 Å². The Bertz CT molecular complexity index is 206. The first-order valence-electron chi connectivity index (χ1n) is 5.00. The lowest BCUT2D eigenvalue weighted by atomic mass is 9.81. The monoisotopic (exact) mass is 183 g/mol. The summed E-state index contributed by atoms with van der Waals surface area (Å²) in [7, 11) is 0. The van der Waals surface area contributed by atoms with Crippen LogP contribution in [-0.2, 0) is 0 Å². The van der Waals surface area contributed by atoms with Crippen LogP contribution in [0.15, 0.2) is 0 Å². The molecule has 0 radical (unpaired) electrons. The number of alkyl halides is 1. The molecule has 0 atom stereocenters. The second kappa shape index (κ2) is 4.62. The predicted molar refractivity (Wildman–Crippen MR) is 53.0 cm³/mol. The van der Waals surface area contributed by atoms with Crippen LogP contribution >= 0.6 is 0 Å². The van der Waals surface area contributed by atoms with Gasteiger partial charge in [-0.05, 0) is 39.0 Å². The molecule has 74 valence electrons. The van der Waals surface area contributed by atoms with Crippen molar-refractivity contribution >= 4 is 0 Å². The van der Waals surface area contributed by atoms with Crippen molar-refractivity contribution in [3.63, 3.8) is 0 Å². The van der Waals surface area contributed by atoms with Gasteiger partial charge >= 0.3 is 0 Å². The lowest BCUT2D eigenvalue weighted by molar-refractivity contribution is 0.0909. The van der Waals surface area contributed by atoms with Crippen LogP contribution in [0.5, 0.6) is 0 Å². The lowest BCUT2D eigenvalue weighted by Crippen LogP contribution is -2.35. The van der Waals surface area contributed by atoms with Crippen LogP contribution in [0, 0.1) is 11.8 Å². The fraction of sp³-hybridized carbons (Fsp3) is 0.818. The summed E-state index contributed by atoms with van der Waals surface area (Å²) >= 11 is 0. The Kier molecular flexibility index (Phi) is 3.74. The van der Waals surface area contributed by atoms with Crippen molar-refractivity contribution in [2.75, 3.05) is 0 Å². The van der Waals surface area contributed by atoms with Crippen molar-refractivity contribution in [1.82, 2.24) is 0 Å². The SMILES string of the molecule is CC#CCCC1(F)CCC(N)CC1. The zero-order valence-corrected chi connectivity index (χ0v) is 8.28. The molecule has 2 heteroatoms. The number of hydrogen-bond acceptors (Lipinski definition) is 1. The van der Waals surface area contributed by atoms with E-state index in [1.807, 2.05) is 0 Å². The molecule has 1 nitrogen and oxygen atoms in total. The Balaban J connectivity index is 2.32. The van der Waals surface area contributed by atoms with E-state index in [1.165, 1.54) is 0 Å². The first kappa shape index (κ1) is 10.5. The van der Waals surface area contributed by atoms with Gasteiger partial charge in [-0.25, -0.2) is 4.39 Å². The molecule has 0 amide bonds. The first-order valence-corrected chi connectivity index (χ1v) is 5.00. The largest absolute Gasteiger partial charge is 0.328 e. The van der Waals surface area contributed by atoms with Crippen LogP contribution < -0.4 is 5.73 Å². The maximum Gasteiger partial charge on any atom is 0.112 e. The zero-order chi connectivity index (χ0) is 9.73. The minimum Gasteiger partial charge on any atom is -0.328 e. The second-order valence-electron chi connectivity index (χ2n) is 3.92. The van der Waals surface area contributed by atoms with Gasteiger partial charge in [-0.15, -0.1) is 11.8 Å². The molecule has 0 heterocycles. The highest BCUT2D eigenvalue weighted by atomic mass is 19.1. The Hall–Kier alpha value is -0.550. The van der Waals surface area contributed by atoms with Crippen LogP contribution in [0.25, 0.3) is 0 Å². The molecule has 0 spiro atoms. The summed E-state index contributed by atoms with van der Waals surface area (Å²) in [5, 5.41) is 0. The van der Waals surface area contributed by atoms with Crippen LogP contribution in [0.2, 0.25) is 0 Å². The van der Waals surface area contributed by atoms with Gasteiger partial charge in [0.25, 0.3) is 0 Å². The van der Waals surface area contributed by atoms with Gasteiger partial charge < -0.3 is 5.73 Å². The fourth-order valence-corrected chi connectivity index (χ4v) is 1.82. The summed E-state index contributed by atoms with van der Waals surface area (Å²) in [6.45, 7) is 1.79.